The van der Waals surface area contributed by atoms with Gasteiger partial charge in [0, 0.05) is 48.3 Å². The molecule has 12 N–H and O–H groups in total. The van der Waals surface area contributed by atoms with Crippen LogP contribution in [0.5, 0.6) is 0 Å². The van der Waals surface area contributed by atoms with Gasteiger partial charge in [-0.15, -0.1) is 0 Å². The summed E-state index contributed by atoms with van der Waals surface area (Å²) in [6.45, 7) is 32.1. The molecule has 8 atom stereocenters. The SMILES string of the molecule is CC(C)NC(O)C(O)NC(C)C.CC(C)NC(O)C(O)NC(C)C.CC(C)NC1OC(NC(C)C)C(NC(C)C)OC1NC(C)C. The van der Waals surface area contributed by atoms with Crippen LogP contribution in [0.3, 0.4) is 0 Å². The molecule has 0 spiro atoms. The average molecular weight is 669 g/mol. The van der Waals surface area contributed by atoms with Gasteiger partial charge in [-0.25, -0.2) is 0 Å². The van der Waals surface area contributed by atoms with Crippen molar-refractivity contribution in [2.75, 3.05) is 0 Å². The summed E-state index contributed by atoms with van der Waals surface area (Å²) in [6, 6.07) is 1.90. The maximum absolute atomic E-state index is 9.31. The Bertz CT molecular complexity index is 604. The summed E-state index contributed by atoms with van der Waals surface area (Å²) in [6.07, 6.45) is -4.40. The maximum atomic E-state index is 9.31. The average Bonchev–Trinajstić information content (AvgIpc) is 2.84. The fraction of sp³-hybridized carbons (Fsp3) is 1.00. The summed E-state index contributed by atoms with van der Waals surface area (Å²) < 4.78 is 12.5. The van der Waals surface area contributed by atoms with Crippen LogP contribution in [0.15, 0.2) is 0 Å². The Morgan fingerprint density at radius 2 is 0.457 bits per heavy atom. The minimum absolute atomic E-state index is 0.156. The van der Waals surface area contributed by atoms with Gasteiger partial charge in [0.2, 0.25) is 0 Å². The van der Waals surface area contributed by atoms with E-state index in [0.29, 0.717) is 24.2 Å². The second-order valence-electron chi connectivity index (χ2n) is 14.3. The standard InChI is InChI=1S/C16H36N4O2.2C8H20N2O2/c1-9(2)17-13-14(18-10(3)4)22-16(20-12(7)8)15(21-13)19-11(5)6;2*1-5(2)9-7(11)8(12)10-6(3)4/h9-20H,1-8H3;2*5-12H,1-4H3. The van der Waals surface area contributed by atoms with Crippen LogP contribution >= 0.6 is 0 Å². The van der Waals surface area contributed by atoms with Crippen LogP contribution in [0.1, 0.15) is 111 Å². The van der Waals surface area contributed by atoms with Crippen LogP contribution in [0.4, 0.5) is 0 Å². The quantitative estimate of drug-likeness (QED) is 0.0906. The van der Waals surface area contributed by atoms with Crippen LogP contribution < -0.4 is 42.5 Å². The largest absolute Gasteiger partial charge is 0.374 e. The minimum atomic E-state index is -0.910. The van der Waals surface area contributed by atoms with Crippen molar-refractivity contribution in [2.24, 2.45) is 0 Å². The van der Waals surface area contributed by atoms with E-state index in [4.69, 9.17) is 9.47 Å². The molecule has 0 amide bonds. The van der Waals surface area contributed by atoms with Gasteiger partial charge in [-0.05, 0) is 111 Å². The molecule has 1 heterocycles. The minimum Gasteiger partial charge on any atom is -0.374 e. The highest BCUT2D eigenvalue weighted by molar-refractivity contribution is 4.83. The molecule has 46 heavy (non-hydrogen) atoms. The third-order valence-corrected chi connectivity index (χ3v) is 5.74. The van der Waals surface area contributed by atoms with Crippen LogP contribution in [0.25, 0.3) is 0 Å². The summed E-state index contributed by atoms with van der Waals surface area (Å²) >= 11 is 0. The Morgan fingerprint density at radius 1 is 0.304 bits per heavy atom. The molecule has 14 heteroatoms. The normalized spacial score (nSPS) is 23.2. The number of nitrogens with one attached hydrogen (secondary N) is 8. The first-order valence-corrected chi connectivity index (χ1v) is 17.2. The molecule has 0 aromatic carbocycles. The third-order valence-electron chi connectivity index (χ3n) is 5.74. The molecule has 1 aliphatic heterocycles. The van der Waals surface area contributed by atoms with Crippen LogP contribution in [-0.2, 0) is 9.47 Å². The Labute approximate surface area is 281 Å². The smallest absolute Gasteiger partial charge is 0.150 e. The van der Waals surface area contributed by atoms with Gasteiger partial charge in [0.15, 0.2) is 24.9 Å². The molecule has 1 rings (SSSR count). The van der Waals surface area contributed by atoms with Crippen molar-refractivity contribution < 1.29 is 29.9 Å². The van der Waals surface area contributed by atoms with Crippen molar-refractivity contribution in [1.29, 1.82) is 0 Å². The van der Waals surface area contributed by atoms with Crippen molar-refractivity contribution in [2.45, 2.75) is 209 Å². The van der Waals surface area contributed by atoms with Gasteiger partial charge in [0.25, 0.3) is 0 Å². The Balaban J connectivity index is 0. The molecular weight excluding hydrogens is 592 g/mol. The van der Waals surface area contributed by atoms with E-state index in [-0.39, 0.29) is 49.1 Å². The molecule has 0 aliphatic carbocycles. The lowest BCUT2D eigenvalue weighted by Crippen LogP contribution is -2.68. The van der Waals surface area contributed by atoms with E-state index in [1.54, 1.807) is 0 Å². The first-order valence-electron chi connectivity index (χ1n) is 17.2. The van der Waals surface area contributed by atoms with E-state index < -0.39 is 24.9 Å². The summed E-state index contributed by atoms with van der Waals surface area (Å²) in [5.74, 6) is 0. The first-order chi connectivity index (χ1) is 21.0. The molecule has 8 unspecified atom stereocenters. The Hall–Kier alpha value is -0.560. The van der Waals surface area contributed by atoms with Gasteiger partial charge in [0.1, 0.15) is 24.9 Å². The van der Waals surface area contributed by atoms with E-state index in [0.717, 1.165) is 0 Å². The molecule has 0 radical (unpaired) electrons. The zero-order valence-corrected chi connectivity index (χ0v) is 31.8. The summed E-state index contributed by atoms with van der Waals surface area (Å²) in [5, 5.41) is 62.2. The van der Waals surface area contributed by atoms with E-state index >= 15 is 0 Å². The van der Waals surface area contributed by atoms with Gasteiger partial charge >= 0.3 is 0 Å². The number of ether oxygens (including phenoxy) is 2. The molecule has 1 aliphatic rings. The van der Waals surface area contributed by atoms with E-state index in [1.165, 1.54) is 0 Å². The van der Waals surface area contributed by atoms with E-state index in [1.807, 2.05) is 55.4 Å². The molecule has 14 nitrogen and oxygen atoms in total. The van der Waals surface area contributed by atoms with Crippen LogP contribution in [0.2, 0.25) is 0 Å². The lowest BCUT2D eigenvalue weighted by molar-refractivity contribution is -0.258. The van der Waals surface area contributed by atoms with Gasteiger partial charge in [-0.3, -0.25) is 42.5 Å². The first kappa shape index (κ1) is 47.6. The molecule has 280 valence electrons. The highest BCUT2D eigenvalue weighted by Gasteiger charge is 2.39. The molecule has 0 saturated carbocycles. The number of hydrogen-bond donors (Lipinski definition) is 12. The fourth-order valence-electron chi connectivity index (χ4n) is 4.15. The second-order valence-corrected chi connectivity index (χ2v) is 14.3. The summed E-state index contributed by atoms with van der Waals surface area (Å²) in [7, 11) is 0. The van der Waals surface area contributed by atoms with Crippen molar-refractivity contribution in [3.63, 3.8) is 0 Å². The van der Waals surface area contributed by atoms with Crippen molar-refractivity contribution in [3.8, 4) is 0 Å². The predicted molar refractivity (Wildman–Crippen MR) is 188 cm³/mol. The highest BCUT2D eigenvalue weighted by Crippen LogP contribution is 2.17. The van der Waals surface area contributed by atoms with Crippen LogP contribution in [-0.4, -0.2) is 119 Å². The van der Waals surface area contributed by atoms with E-state index in [9.17, 15) is 20.4 Å². The van der Waals surface area contributed by atoms with Crippen molar-refractivity contribution >= 4 is 0 Å². The zero-order chi connectivity index (χ0) is 36.3. The van der Waals surface area contributed by atoms with Gasteiger partial charge < -0.3 is 29.9 Å². The summed E-state index contributed by atoms with van der Waals surface area (Å²) in [4.78, 5) is 0. The van der Waals surface area contributed by atoms with Crippen molar-refractivity contribution in [1.82, 2.24) is 42.5 Å². The Kier molecular flexibility index (Phi) is 26.3. The molecule has 0 bridgehead atoms. The third kappa shape index (κ3) is 25.5. The number of rotatable bonds is 18. The Morgan fingerprint density at radius 3 is 0.565 bits per heavy atom. The lowest BCUT2D eigenvalue weighted by Gasteiger charge is -2.45. The zero-order valence-electron chi connectivity index (χ0n) is 31.8. The summed E-state index contributed by atoms with van der Waals surface area (Å²) in [5.41, 5.74) is 0. The molecule has 0 aromatic heterocycles. The molecule has 1 saturated heterocycles. The van der Waals surface area contributed by atoms with Gasteiger partial charge in [0.05, 0.1) is 0 Å². The predicted octanol–water partition coefficient (Wildman–Crippen LogP) is 0.568. The topological polar surface area (TPSA) is 196 Å². The molecule has 0 aromatic rings. The van der Waals surface area contributed by atoms with Gasteiger partial charge in [-0.1, -0.05) is 0 Å². The van der Waals surface area contributed by atoms with Crippen LogP contribution in [0, 0.1) is 0 Å². The van der Waals surface area contributed by atoms with Crippen molar-refractivity contribution in [3.05, 3.63) is 0 Å². The van der Waals surface area contributed by atoms with E-state index in [2.05, 4.69) is 97.9 Å². The number of hydrogen-bond acceptors (Lipinski definition) is 14. The molecule has 1 fully saturated rings. The molecular formula is C32H76N8O6. The maximum Gasteiger partial charge on any atom is 0.150 e. The number of aliphatic hydroxyl groups excluding tert-OH is 4. The second kappa shape index (κ2) is 25.4. The fourth-order valence-corrected chi connectivity index (χ4v) is 4.15. The van der Waals surface area contributed by atoms with Gasteiger partial charge in [-0.2, -0.15) is 0 Å². The lowest BCUT2D eigenvalue weighted by atomic mass is 10.2. The monoisotopic (exact) mass is 669 g/mol. The number of aliphatic hydroxyl groups is 4. The highest BCUT2D eigenvalue weighted by atomic mass is 16.6.